The number of hydrogen-bond acceptors (Lipinski definition) is 3. The first-order chi connectivity index (χ1) is 10.2. The first-order valence-corrected chi connectivity index (χ1v) is 7.40. The quantitative estimate of drug-likeness (QED) is 0.928. The van der Waals surface area contributed by atoms with Crippen molar-refractivity contribution in [3.63, 3.8) is 0 Å². The van der Waals surface area contributed by atoms with Gasteiger partial charge in [-0.05, 0) is 43.7 Å². The van der Waals surface area contributed by atoms with Gasteiger partial charge >= 0.3 is 0 Å². The highest BCUT2D eigenvalue weighted by Crippen LogP contribution is 2.26. The molecular weight excluding hydrogens is 258 g/mol. The fourth-order valence-electron chi connectivity index (χ4n) is 2.55. The molecular formula is C18H21N3. The molecule has 0 radical (unpaired) electrons. The van der Waals surface area contributed by atoms with E-state index in [-0.39, 0.29) is 0 Å². The maximum atomic E-state index is 4.53. The van der Waals surface area contributed by atoms with Crippen LogP contribution in [0.5, 0.6) is 0 Å². The van der Waals surface area contributed by atoms with Crippen LogP contribution in [0.25, 0.3) is 0 Å². The summed E-state index contributed by atoms with van der Waals surface area (Å²) in [6.45, 7) is 6.86. The molecule has 1 N–H and O–H groups in total. The van der Waals surface area contributed by atoms with E-state index in [1.54, 1.807) is 0 Å². The Morgan fingerprint density at radius 1 is 1.00 bits per heavy atom. The summed E-state index contributed by atoms with van der Waals surface area (Å²) < 4.78 is 0. The lowest BCUT2D eigenvalue weighted by molar-refractivity contribution is 0.949. The largest absolute Gasteiger partial charge is 0.370 e. The number of amidine groups is 1. The fourth-order valence-corrected chi connectivity index (χ4v) is 2.55. The second-order valence-corrected chi connectivity index (χ2v) is 5.52. The zero-order valence-corrected chi connectivity index (χ0v) is 12.6. The van der Waals surface area contributed by atoms with Gasteiger partial charge in [-0.3, -0.25) is 4.99 Å². The molecule has 0 saturated carbocycles. The second-order valence-electron chi connectivity index (χ2n) is 5.52. The van der Waals surface area contributed by atoms with Crippen molar-refractivity contribution >= 4 is 17.2 Å². The van der Waals surface area contributed by atoms with E-state index in [2.05, 4.69) is 77.6 Å². The highest BCUT2D eigenvalue weighted by Gasteiger charge is 2.14. The molecule has 108 valence electrons. The molecule has 0 aliphatic carbocycles. The Balaban J connectivity index is 1.95. The third-order valence-electron chi connectivity index (χ3n) is 3.71. The molecule has 1 heterocycles. The van der Waals surface area contributed by atoms with Gasteiger partial charge in [-0.1, -0.05) is 29.8 Å². The number of hydrogen-bond donors (Lipinski definition) is 1. The Labute approximate surface area is 126 Å². The zero-order valence-electron chi connectivity index (χ0n) is 12.6. The number of benzene rings is 2. The maximum Gasteiger partial charge on any atom is 0.117 e. The normalized spacial score (nSPS) is 13.7. The van der Waals surface area contributed by atoms with Crippen LogP contribution in [0.1, 0.15) is 11.1 Å². The average molecular weight is 279 g/mol. The van der Waals surface area contributed by atoms with E-state index in [0.717, 1.165) is 25.5 Å². The van der Waals surface area contributed by atoms with Crippen LogP contribution in [0.3, 0.4) is 0 Å². The number of rotatable bonds is 4. The Bertz CT molecular complexity index is 644. The van der Waals surface area contributed by atoms with Crippen molar-refractivity contribution in [1.82, 2.24) is 5.32 Å². The summed E-state index contributed by atoms with van der Waals surface area (Å²) in [5, 5.41) is 3.36. The van der Waals surface area contributed by atoms with E-state index in [0.29, 0.717) is 0 Å². The van der Waals surface area contributed by atoms with E-state index in [9.17, 15) is 0 Å². The Kier molecular flexibility index (Phi) is 3.91. The minimum Gasteiger partial charge on any atom is -0.370 e. The van der Waals surface area contributed by atoms with E-state index in [1.165, 1.54) is 22.5 Å². The predicted molar refractivity (Wildman–Crippen MR) is 89.7 cm³/mol. The lowest BCUT2D eigenvalue weighted by Crippen LogP contribution is -2.32. The van der Waals surface area contributed by atoms with Crippen LogP contribution in [0, 0.1) is 13.8 Å². The molecule has 0 amide bonds. The van der Waals surface area contributed by atoms with Gasteiger partial charge in [0.25, 0.3) is 0 Å². The number of nitrogens with zero attached hydrogens (tertiary/aromatic N) is 2. The summed E-state index contributed by atoms with van der Waals surface area (Å²) in [6, 6.07) is 17.3. The molecule has 0 fully saturated rings. The summed E-state index contributed by atoms with van der Waals surface area (Å²) in [4.78, 5) is 6.84. The van der Waals surface area contributed by atoms with Gasteiger partial charge in [0.15, 0.2) is 0 Å². The summed E-state index contributed by atoms with van der Waals surface area (Å²) >= 11 is 0. The predicted octanol–water partition coefficient (Wildman–Crippen LogP) is 3.44. The Morgan fingerprint density at radius 3 is 2.48 bits per heavy atom. The van der Waals surface area contributed by atoms with Gasteiger partial charge in [-0.15, -0.1) is 0 Å². The topological polar surface area (TPSA) is 27.6 Å². The van der Waals surface area contributed by atoms with E-state index in [4.69, 9.17) is 0 Å². The summed E-state index contributed by atoms with van der Waals surface area (Å²) in [5.74, 6) is 1.07. The molecule has 2 aromatic rings. The molecule has 1 aliphatic heterocycles. The van der Waals surface area contributed by atoms with Crippen molar-refractivity contribution in [2.75, 3.05) is 24.5 Å². The van der Waals surface area contributed by atoms with Crippen LogP contribution in [0.2, 0.25) is 0 Å². The van der Waals surface area contributed by atoms with Crippen LogP contribution in [0.4, 0.5) is 11.4 Å². The lowest BCUT2D eigenvalue weighted by Gasteiger charge is -2.25. The average Bonchev–Trinajstić information content (AvgIpc) is 2.99. The van der Waals surface area contributed by atoms with Crippen LogP contribution < -0.4 is 10.2 Å². The summed E-state index contributed by atoms with van der Waals surface area (Å²) in [5.41, 5.74) is 4.95. The third kappa shape index (κ3) is 3.24. The third-order valence-corrected chi connectivity index (χ3v) is 3.71. The molecule has 0 bridgehead atoms. The SMILES string of the molecule is Cc1ccc(N(CC2=NCCN2)c2cccc(C)c2)cc1. The molecule has 0 atom stereocenters. The molecule has 3 rings (SSSR count). The Morgan fingerprint density at radius 2 is 1.81 bits per heavy atom. The fraction of sp³-hybridized carbons (Fsp3) is 0.278. The molecule has 2 aromatic carbocycles. The Hall–Kier alpha value is -2.29. The van der Waals surface area contributed by atoms with Crippen molar-refractivity contribution in [1.29, 1.82) is 0 Å². The highest BCUT2D eigenvalue weighted by molar-refractivity contribution is 5.90. The van der Waals surface area contributed by atoms with Gasteiger partial charge in [-0.2, -0.15) is 0 Å². The van der Waals surface area contributed by atoms with Crippen molar-refractivity contribution in [3.8, 4) is 0 Å². The number of aryl methyl sites for hydroxylation is 2. The highest BCUT2D eigenvalue weighted by atomic mass is 15.2. The number of anilines is 2. The van der Waals surface area contributed by atoms with Crippen molar-refractivity contribution in [2.24, 2.45) is 4.99 Å². The van der Waals surface area contributed by atoms with Gasteiger partial charge in [0.05, 0.1) is 13.1 Å². The van der Waals surface area contributed by atoms with Crippen LogP contribution in [0.15, 0.2) is 53.5 Å². The van der Waals surface area contributed by atoms with E-state index >= 15 is 0 Å². The van der Waals surface area contributed by atoms with Gasteiger partial charge in [-0.25, -0.2) is 0 Å². The molecule has 0 spiro atoms. The van der Waals surface area contributed by atoms with Gasteiger partial charge in [0.2, 0.25) is 0 Å². The number of aliphatic imine (C=N–C) groups is 1. The van der Waals surface area contributed by atoms with Crippen LogP contribution in [-0.2, 0) is 0 Å². The van der Waals surface area contributed by atoms with Gasteiger partial charge < -0.3 is 10.2 Å². The standard InChI is InChI=1S/C18H21N3/c1-14-6-8-16(9-7-14)21(13-18-19-10-11-20-18)17-5-3-4-15(2)12-17/h3-9,12H,10-11,13H2,1-2H3,(H,19,20). The monoisotopic (exact) mass is 279 g/mol. The second kappa shape index (κ2) is 6.00. The first-order valence-electron chi connectivity index (χ1n) is 7.40. The smallest absolute Gasteiger partial charge is 0.117 e. The molecule has 3 heteroatoms. The minimum absolute atomic E-state index is 0.784. The van der Waals surface area contributed by atoms with Crippen molar-refractivity contribution in [2.45, 2.75) is 13.8 Å². The van der Waals surface area contributed by atoms with Gasteiger partial charge in [0, 0.05) is 17.9 Å². The minimum atomic E-state index is 0.784. The molecule has 0 unspecified atom stereocenters. The van der Waals surface area contributed by atoms with E-state index in [1.807, 2.05) is 0 Å². The number of nitrogens with one attached hydrogen (secondary N) is 1. The van der Waals surface area contributed by atoms with Crippen molar-refractivity contribution in [3.05, 3.63) is 59.7 Å². The summed E-state index contributed by atoms with van der Waals surface area (Å²) in [7, 11) is 0. The van der Waals surface area contributed by atoms with Gasteiger partial charge in [0.1, 0.15) is 5.84 Å². The summed E-state index contributed by atoms with van der Waals surface area (Å²) in [6.07, 6.45) is 0. The zero-order chi connectivity index (χ0) is 14.7. The van der Waals surface area contributed by atoms with Crippen LogP contribution >= 0.6 is 0 Å². The van der Waals surface area contributed by atoms with E-state index < -0.39 is 0 Å². The molecule has 3 nitrogen and oxygen atoms in total. The molecule has 0 aromatic heterocycles. The lowest BCUT2D eigenvalue weighted by atomic mass is 10.1. The molecule has 21 heavy (non-hydrogen) atoms. The van der Waals surface area contributed by atoms with Crippen molar-refractivity contribution < 1.29 is 0 Å². The molecule has 1 aliphatic rings. The molecule has 0 saturated heterocycles. The van der Waals surface area contributed by atoms with Crippen LogP contribution in [-0.4, -0.2) is 25.5 Å². The maximum absolute atomic E-state index is 4.53. The first kappa shape index (κ1) is 13.7.